The summed E-state index contributed by atoms with van der Waals surface area (Å²) in [4.78, 5) is 25.2. The second kappa shape index (κ2) is 7.70. The number of aryl methyl sites for hydroxylation is 2. The molecule has 1 aromatic heterocycles. The fourth-order valence-corrected chi connectivity index (χ4v) is 4.43. The van der Waals surface area contributed by atoms with Gasteiger partial charge in [0.25, 0.3) is 5.91 Å². The molecule has 1 heterocycles. The Morgan fingerprint density at radius 2 is 2.00 bits per heavy atom. The molecule has 0 unspecified atom stereocenters. The lowest BCUT2D eigenvalue weighted by Crippen LogP contribution is -2.18. The van der Waals surface area contributed by atoms with E-state index in [9.17, 15) is 9.59 Å². The summed E-state index contributed by atoms with van der Waals surface area (Å²) in [6, 6.07) is 7.75. The Hall–Kier alpha value is -2.34. The maximum Gasteiger partial charge on any atom is 0.251 e. The van der Waals surface area contributed by atoms with Gasteiger partial charge in [0.1, 0.15) is 10.8 Å². The molecule has 0 radical (unpaired) electrons. The molecule has 0 saturated carbocycles. The van der Waals surface area contributed by atoms with Gasteiger partial charge in [-0.15, -0.1) is 11.3 Å². The monoisotopic (exact) mass is 358 g/mol. The predicted molar refractivity (Wildman–Crippen MR) is 99.4 cm³/mol. The molecule has 0 atom stereocenters. The Morgan fingerprint density at radius 1 is 1.24 bits per heavy atom. The summed E-state index contributed by atoms with van der Waals surface area (Å²) >= 11 is 1.49. The summed E-state index contributed by atoms with van der Waals surface area (Å²) in [5.74, 6) is 0.271. The Balaban J connectivity index is 1.60. The van der Waals surface area contributed by atoms with Crippen molar-refractivity contribution < 1.29 is 14.3 Å². The van der Waals surface area contributed by atoms with Gasteiger partial charge in [-0.25, -0.2) is 0 Å². The van der Waals surface area contributed by atoms with Crippen molar-refractivity contribution in [3.63, 3.8) is 0 Å². The third kappa shape index (κ3) is 4.02. The first-order valence-corrected chi connectivity index (χ1v) is 9.36. The highest BCUT2D eigenvalue weighted by atomic mass is 32.1. The molecule has 3 N–H and O–H groups in total. The van der Waals surface area contributed by atoms with Crippen LogP contribution < -0.4 is 15.8 Å². The Bertz CT molecular complexity index is 781. The van der Waals surface area contributed by atoms with E-state index < -0.39 is 5.91 Å². The molecule has 0 bridgehead atoms. The first-order valence-electron chi connectivity index (χ1n) is 8.54. The van der Waals surface area contributed by atoms with Crippen molar-refractivity contribution in [2.75, 3.05) is 11.9 Å². The van der Waals surface area contributed by atoms with Crippen LogP contribution in [0.5, 0.6) is 5.75 Å². The molecule has 1 aliphatic rings. The maximum absolute atomic E-state index is 12.3. The molecular weight excluding hydrogens is 336 g/mol. The van der Waals surface area contributed by atoms with Crippen molar-refractivity contribution >= 4 is 28.2 Å². The molecule has 132 valence electrons. The molecule has 5 nitrogen and oxygen atoms in total. The zero-order valence-electron chi connectivity index (χ0n) is 14.3. The van der Waals surface area contributed by atoms with Crippen LogP contribution >= 0.6 is 11.3 Å². The van der Waals surface area contributed by atoms with Gasteiger partial charge < -0.3 is 15.8 Å². The fraction of sp³-hybridized carbons (Fsp3) is 0.368. The number of rotatable bonds is 7. The van der Waals surface area contributed by atoms with Crippen molar-refractivity contribution in [3.8, 4) is 5.75 Å². The topological polar surface area (TPSA) is 81.4 Å². The van der Waals surface area contributed by atoms with Crippen LogP contribution in [0.2, 0.25) is 0 Å². The van der Waals surface area contributed by atoms with Gasteiger partial charge in [-0.1, -0.05) is 12.1 Å². The minimum atomic E-state index is -0.457. The van der Waals surface area contributed by atoms with Crippen LogP contribution in [0.3, 0.4) is 0 Å². The second-order valence-corrected chi connectivity index (χ2v) is 7.16. The summed E-state index contributed by atoms with van der Waals surface area (Å²) in [5.41, 5.74) is 8.12. The molecule has 0 spiro atoms. The molecule has 3 rings (SSSR count). The first-order chi connectivity index (χ1) is 12.1. The SMILES string of the molecule is CCOc1ccc(CCC(=O)Nc2sc3c(c2C(N)=O)CCC3)cc1. The first kappa shape index (κ1) is 17.5. The average molecular weight is 358 g/mol. The average Bonchev–Trinajstić information content (AvgIpc) is 3.14. The van der Waals surface area contributed by atoms with E-state index in [4.69, 9.17) is 10.5 Å². The van der Waals surface area contributed by atoms with Crippen LogP contribution in [0, 0.1) is 0 Å². The highest BCUT2D eigenvalue weighted by molar-refractivity contribution is 7.17. The van der Waals surface area contributed by atoms with Gasteiger partial charge in [0.15, 0.2) is 0 Å². The largest absolute Gasteiger partial charge is 0.494 e. The van der Waals surface area contributed by atoms with Crippen molar-refractivity contribution in [1.29, 1.82) is 0 Å². The van der Waals surface area contributed by atoms with Gasteiger partial charge in [-0.05, 0) is 55.9 Å². The minimum absolute atomic E-state index is 0.101. The molecule has 2 aromatic rings. The lowest BCUT2D eigenvalue weighted by Gasteiger charge is -2.07. The van der Waals surface area contributed by atoms with Gasteiger partial charge in [0.2, 0.25) is 5.91 Å². The van der Waals surface area contributed by atoms with Crippen molar-refractivity contribution in [3.05, 3.63) is 45.8 Å². The third-order valence-electron chi connectivity index (χ3n) is 4.30. The summed E-state index contributed by atoms with van der Waals surface area (Å²) in [6.07, 6.45) is 3.87. The Labute approximate surface area is 151 Å². The molecule has 1 aromatic carbocycles. The van der Waals surface area contributed by atoms with Gasteiger partial charge in [-0.3, -0.25) is 9.59 Å². The highest BCUT2D eigenvalue weighted by Crippen LogP contribution is 2.38. The number of carbonyl (C=O) groups excluding carboxylic acids is 2. The number of primary amides is 1. The van der Waals surface area contributed by atoms with E-state index in [1.54, 1.807) is 0 Å². The van der Waals surface area contributed by atoms with Gasteiger partial charge in [0.05, 0.1) is 12.2 Å². The molecule has 2 amide bonds. The molecule has 6 heteroatoms. The molecular formula is C19H22N2O3S. The van der Waals surface area contributed by atoms with E-state index in [2.05, 4.69) is 5.32 Å². The molecule has 0 aliphatic heterocycles. The lowest BCUT2D eigenvalue weighted by molar-refractivity contribution is -0.116. The van der Waals surface area contributed by atoms with Gasteiger partial charge in [-0.2, -0.15) is 0 Å². The van der Waals surface area contributed by atoms with Gasteiger partial charge in [0, 0.05) is 11.3 Å². The number of fused-ring (bicyclic) bond motifs is 1. The quantitative estimate of drug-likeness (QED) is 0.797. The maximum atomic E-state index is 12.3. The number of thiophene rings is 1. The standard InChI is InChI=1S/C19H22N2O3S/c1-2-24-13-9-6-12(7-10-13)8-11-16(22)21-19-17(18(20)23)14-4-3-5-15(14)25-19/h6-7,9-10H,2-5,8,11H2,1H3,(H2,20,23)(H,21,22). The zero-order valence-corrected chi connectivity index (χ0v) is 15.1. The summed E-state index contributed by atoms with van der Waals surface area (Å²) in [5, 5.41) is 3.48. The summed E-state index contributed by atoms with van der Waals surface area (Å²) in [6.45, 7) is 2.58. The Morgan fingerprint density at radius 3 is 2.68 bits per heavy atom. The highest BCUT2D eigenvalue weighted by Gasteiger charge is 2.25. The summed E-state index contributed by atoms with van der Waals surface area (Å²) < 4.78 is 5.41. The second-order valence-electron chi connectivity index (χ2n) is 6.05. The van der Waals surface area contributed by atoms with Crippen LogP contribution in [0.1, 0.15) is 46.1 Å². The van der Waals surface area contributed by atoms with E-state index in [0.29, 0.717) is 30.0 Å². The summed E-state index contributed by atoms with van der Waals surface area (Å²) in [7, 11) is 0. The molecule has 0 fully saturated rings. The van der Waals surface area contributed by atoms with Crippen LogP contribution in [-0.2, 0) is 24.1 Å². The van der Waals surface area contributed by atoms with Crippen LogP contribution in [0.4, 0.5) is 5.00 Å². The number of benzene rings is 1. The Kier molecular flexibility index (Phi) is 5.38. The third-order valence-corrected chi connectivity index (χ3v) is 5.50. The number of hydrogen-bond donors (Lipinski definition) is 2. The zero-order chi connectivity index (χ0) is 17.8. The number of nitrogens with one attached hydrogen (secondary N) is 1. The predicted octanol–water partition coefficient (Wildman–Crippen LogP) is 3.31. The van der Waals surface area contributed by atoms with E-state index >= 15 is 0 Å². The fourth-order valence-electron chi connectivity index (χ4n) is 3.12. The number of nitrogens with two attached hydrogens (primary N) is 1. The van der Waals surface area contributed by atoms with E-state index in [1.165, 1.54) is 16.2 Å². The molecule has 25 heavy (non-hydrogen) atoms. The van der Waals surface area contributed by atoms with E-state index in [-0.39, 0.29) is 5.91 Å². The van der Waals surface area contributed by atoms with Crippen molar-refractivity contribution in [1.82, 2.24) is 0 Å². The van der Waals surface area contributed by atoms with Crippen LogP contribution in [-0.4, -0.2) is 18.4 Å². The number of carbonyl (C=O) groups is 2. The minimum Gasteiger partial charge on any atom is -0.494 e. The number of anilines is 1. The van der Waals surface area contributed by atoms with Crippen molar-refractivity contribution in [2.45, 2.75) is 39.0 Å². The number of hydrogen-bond acceptors (Lipinski definition) is 4. The molecule has 0 saturated heterocycles. The smallest absolute Gasteiger partial charge is 0.251 e. The number of amides is 2. The normalized spacial score (nSPS) is 12.7. The van der Waals surface area contributed by atoms with Crippen molar-refractivity contribution in [2.24, 2.45) is 5.73 Å². The molecule has 1 aliphatic carbocycles. The lowest BCUT2D eigenvalue weighted by atomic mass is 10.1. The van der Waals surface area contributed by atoms with Gasteiger partial charge >= 0.3 is 0 Å². The number of ether oxygens (including phenoxy) is 1. The van der Waals surface area contributed by atoms with E-state index in [0.717, 1.165) is 36.1 Å². The van der Waals surface area contributed by atoms with Crippen LogP contribution in [0.15, 0.2) is 24.3 Å². The van der Waals surface area contributed by atoms with Crippen LogP contribution in [0.25, 0.3) is 0 Å². The van der Waals surface area contributed by atoms with E-state index in [1.807, 2.05) is 31.2 Å².